The molecule has 0 radical (unpaired) electrons. The first-order chi connectivity index (χ1) is 8.56. The Morgan fingerprint density at radius 1 is 1.44 bits per heavy atom. The van der Waals surface area contributed by atoms with Crippen molar-refractivity contribution in [3.05, 3.63) is 29.8 Å². The molecule has 1 aliphatic carbocycles. The van der Waals surface area contributed by atoms with E-state index in [9.17, 15) is 4.79 Å². The van der Waals surface area contributed by atoms with Gasteiger partial charge < -0.3 is 11.1 Å². The van der Waals surface area contributed by atoms with Crippen molar-refractivity contribution in [1.29, 1.82) is 0 Å². The molecule has 0 spiro atoms. The third-order valence-electron chi connectivity index (χ3n) is 3.58. The standard InChI is InChI=1S/C15H22N2O/c1-10(8-12-6-7-12)17-15(18)11(2)13-4-3-5-14(16)9-13/h3-5,9-12H,6-8,16H2,1-2H3,(H,17,18). The van der Waals surface area contributed by atoms with Gasteiger partial charge in [-0.1, -0.05) is 25.0 Å². The lowest BCUT2D eigenvalue weighted by Crippen LogP contribution is -2.35. The van der Waals surface area contributed by atoms with Crippen LogP contribution < -0.4 is 11.1 Å². The zero-order chi connectivity index (χ0) is 13.1. The summed E-state index contributed by atoms with van der Waals surface area (Å²) >= 11 is 0. The zero-order valence-electron chi connectivity index (χ0n) is 11.1. The number of hydrogen-bond acceptors (Lipinski definition) is 2. The topological polar surface area (TPSA) is 55.1 Å². The van der Waals surface area contributed by atoms with Gasteiger partial charge in [-0.3, -0.25) is 4.79 Å². The molecule has 0 aromatic heterocycles. The molecule has 1 fully saturated rings. The van der Waals surface area contributed by atoms with E-state index in [1.807, 2.05) is 31.2 Å². The molecule has 1 aromatic rings. The summed E-state index contributed by atoms with van der Waals surface area (Å²) in [4.78, 5) is 12.1. The summed E-state index contributed by atoms with van der Waals surface area (Å²) in [6.45, 7) is 4.01. The Hall–Kier alpha value is -1.51. The Kier molecular flexibility index (Phi) is 3.90. The Balaban J connectivity index is 1.91. The van der Waals surface area contributed by atoms with Gasteiger partial charge in [0.25, 0.3) is 0 Å². The van der Waals surface area contributed by atoms with Crippen LogP contribution in [0.5, 0.6) is 0 Å². The maximum atomic E-state index is 12.1. The summed E-state index contributed by atoms with van der Waals surface area (Å²) in [5.74, 6) is 0.784. The number of nitrogens with two attached hydrogens (primary N) is 1. The molecule has 0 saturated heterocycles. The fourth-order valence-corrected chi connectivity index (χ4v) is 2.26. The minimum atomic E-state index is -0.143. The summed E-state index contributed by atoms with van der Waals surface area (Å²) in [5, 5.41) is 3.09. The number of carbonyl (C=O) groups is 1. The van der Waals surface area contributed by atoms with E-state index < -0.39 is 0 Å². The van der Waals surface area contributed by atoms with E-state index >= 15 is 0 Å². The van der Waals surface area contributed by atoms with Gasteiger partial charge in [0.1, 0.15) is 0 Å². The van der Waals surface area contributed by atoms with Gasteiger partial charge in [0, 0.05) is 11.7 Å². The molecule has 1 amide bonds. The van der Waals surface area contributed by atoms with Crippen LogP contribution in [0.15, 0.2) is 24.3 Å². The summed E-state index contributed by atoms with van der Waals surface area (Å²) in [6, 6.07) is 7.82. The Morgan fingerprint density at radius 2 is 2.17 bits per heavy atom. The van der Waals surface area contributed by atoms with Crippen molar-refractivity contribution in [2.75, 3.05) is 5.73 Å². The molecule has 2 unspecified atom stereocenters. The van der Waals surface area contributed by atoms with Crippen molar-refractivity contribution in [2.45, 2.75) is 45.1 Å². The van der Waals surface area contributed by atoms with Crippen molar-refractivity contribution in [1.82, 2.24) is 5.32 Å². The molecule has 18 heavy (non-hydrogen) atoms. The first-order valence-corrected chi connectivity index (χ1v) is 6.72. The predicted octanol–water partition coefficient (Wildman–Crippen LogP) is 2.68. The van der Waals surface area contributed by atoms with Crippen LogP contribution in [0.3, 0.4) is 0 Å². The average Bonchev–Trinajstić information content (AvgIpc) is 3.11. The molecule has 3 nitrogen and oxygen atoms in total. The molecular weight excluding hydrogens is 224 g/mol. The SMILES string of the molecule is CC(CC1CC1)NC(=O)C(C)c1cccc(N)c1. The van der Waals surface area contributed by atoms with Crippen molar-refractivity contribution < 1.29 is 4.79 Å². The quantitative estimate of drug-likeness (QED) is 0.785. The minimum Gasteiger partial charge on any atom is -0.399 e. The van der Waals surface area contributed by atoms with E-state index in [2.05, 4.69) is 12.2 Å². The summed E-state index contributed by atoms with van der Waals surface area (Å²) in [7, 11) is 0. The average molecular weight is 246 g/mol. The second-order valence-corrected chi connectivity index (χ2v) is 5.48. The predicted molar refractivity (Wildman–Crippen MR) is 74.2 cm³/mol. The molecular formula is C15H22N2O. The van der Waals surface area contributed by atoms with Crippen LogP contribution >= 0.6 is 0 Å². The largest absolute Gasteiger partial charge is 0.399 e. The summed E-state index contributed by atoms with van der Waals surface area (Å²) in [5.41, 5.74) is 7.42. The first kappa shape index (κ1) is 12.9. The second-order valence-electron chi connectivity index (χ2n) is 5.48. The molecule has 1 saturated carbocycles. The van der Waals surface area contributed by atoms with Gasteiger partial charge in [-0.25, -0.2) is 0 Å². The molecule has 98 valence electrons. The third-order valence-corrected chi connectivity index (χ3v) is 3.58. The highest BCUT2D eigenvalue weighted by Gasteiger charge is 2.25. The molecule has 3 N–H and O–H groups in total. The van der Waals surface area contributed by atoms with E-state index in [0.717, 1.165) is 17.9 Å². The molecule has 2 rings (SSSR count). The van der Waals surface area contributed by atoms with Crippen molar-refractivity contribution in [3.63, 3.8) is 0 Å². The monoisotopic (exact) mass is 246 g/mol. The van der Waals surface area contributed by atoms with E-state index in [4.69, 9.17) is 5.73 Å². The maximum absolute atomic E-state index is 12.1. The number of anilines is 1. The third kappa shape index (κ3) is 3.49. The molecule has 0 aliphatic heterocycles. The lowest BCUT2D eigenvalue weighted by Gasteiger charge is -2.18. The Morgan fingerprint density at radius 3 is 2.78 bits per heavy atom. The van der Waals surface area contributed by atoms with Crippen molar-refractivity contribution in [2.24, 2.45) is 5.92 Å². The van der Waals surface area contributed by atoms with Crippen LogP contribution in [0.25, 0.3) is 0 Å². The lowest BCUT2D eigenvalue weighted by atomic mass is 9.99. The molecule has 3 heteroatoms. The van der Waals surface area contributed by atoms with Gasteiger partial charge in [-0.15, -0.1) is 0 Å². The molecule has 0 bridgehead atoms. The normalized spacial score (nSPS) is 18.1. The highest BCUT2D eigenvalue weighted by molar-refractivity contribution is 5.83. The zero-order valence-corrected chi connectivity index (χ0v) is 11.1. The molecule has 0 heterocycles. The molecule has 1 aromatic carbocycles. The van der Waals surface area contributed by atoms with Crippen molar-refractivity contribution >= 4 is 11.6 Å². The number of carbonyl (C=O) groups excluding carboxylic acids is 1. The lowest BCUT2D eigenvalue weighted by molar-refractivity contribution is -0.122. The maximum Gasteiger partial charge on any atom is 0.227 e. The number of amides is 1. The van der Waals surface area contributed by atoms with E-state index in [0.29, 0.717) is 5.69 Å². The van der Waals surface area contributed by atoms with Crippen LogP contribution in [-0.2, 0) is 4.79 Å². The number of nitrogens with one attached hydrogen (secondary N) is 1. The first-order valence-electron chi connectivity index (χ1n) is 6.72. The Labute approximate surface area is 109 Å². The molecule has 2 atom stereocenters. The summed E-state index contributed by atoms with van der Waals surface area (Å²) < 4.78 is 0. The smallest absolute Gasteiger partial charge is 0.227 e. The number of rotatable bonds is 5. The Bertz CT molecular complexity index is 426. The fourth-order valence-electron chi connectivity index (χ4n) is 2.26. The van der Waals surface area contributed by atoms with E-state index in [1.54, 1.807) is 0 Å². The highest BCUT2D eigenvalue weighted by Crippen LogP contribution is 2.33. The highest BCUT2D eigenvalue weighted by atomic mass is 16.1. The number of hydrogen-bond donors (Lipinski definition) is 2. The van der Waals surface area contributed by atoms with Crippen LogP contribution in [0, 0.1) is 5.92 Å². The van der Waals surface area contributed by atoms with Gasteiger partial charge in [-0.2, -0.15) is 0 Å². The summed E-state index contributed by atoms with van der Waals surface area (Å²) in [6.07, 6.45) is 3.76. The second kappa shape index (κ2) is 5.42. The van der Waals surface area contributed by atoms with Gasteiger partial charge in [0.15, 0.2) is 0 Å². The fraction of sp³-hybridized carbons (Fsp3) is 0.533. The number of benzene rings is 1. The van der Waals surface area contributed by atoms with Crippen LogP contribution in [0.2, 0.25) is 0 Å². The van der Waals surface area contributed by atoms with Crippen LogP contribution in [0.4, 0.5) is 5.69 Å². The van der Waals surface area contributed by atoms with Gasteiger partial charge in [0.05, 0.1) is 5.92 Å². The van der Waals surface area contributed by atoms with Gasteiger partial charge in [-0.05, 0) is 43.9 Å². The van der Waals surface area contributed by atoms with E-state index in [-0.39, 0.29) is 17.9 Å². The van der Waals surface area contributed by atoms with E-state index in [1.165, 1.54) is 12.8 Å². The molecule has 1 aliphatic rings. The van der Waals surface area contributed by atoms with Gasteiger partial charge >= 0.3 is 0 Å². The van der Waals surface area contributed by atoms with Crippen LogP contribution in [-0.4, -0.2) is 11.9 Å². The number of nitrogen functional groups attached to an aromatic ring is 1. The van der Waals surface area contributed by atoms with Gasteiger partial charge in [0.2, 0.25) is 5.91 Å². The minimum absolute atomic E-state index is 0.0914. The van der Waals surface area contributed by atoms with Crippen LogP contribution in [0.1, 0.15) is 44.6 Å². The van der Waals surface area contributed by atoms with Crippen molar-refractivity contribution in [3.8, 4) is 0 Å².